The Balaban J connectivity index is 1.59. The molecule has 3 aliphatic rings. The topological polar surface area (TPSA) is 320 Å². The van der Waals surface area contributed by atoms with Gasteiger partial charge in [0.25, 0.3) is 5.91 Å². The highest BCUT2D eigenvalue weighted by molar-refractivity contribution is 6.00. The van der Waals surface area contributed by atoms with E-state index in [1.807, 2.05) is 77.4 Å². The lowest BCUT2D eigenvalue weighted by Gasteiger charge is -2.50. The molecule has 3 fully saturated rings. The van der Waals surface area contributed by atoms with E-state index in [4.69, 9.17) is 14.3 Å². The third kappa shape index (κ3) is 22.8. The molecule has 3 aliphatic heterocycles. The Labute approximate surface area is 617 Å². The third-order valence-corrected chi connectivity index (χ3v) is 20.7. The Kier molecular flexibility index (Phi) is 33.9. The summed E-state index contributed by atoms with van der Waals surface area (Å²) in [4.78, 5) is 181. The molecule has 0 bridgehead atoms. The Bertz CT molecular complexity index is 3210. The predicted molar refractivity (Wildman–Crippen MR) is 395 cm³/mol. The number of fused-ring (bicyclic) bond motifs is 2. The van der Waals surface area contributed by atoms with E-state index in [0.29, 0.717) is 32.6 Å². The van der Waals surface area contributed by atoms with Crippen LogP contribution in [-0.2, 0) is 73.6 Å². The van der Waals surface area contributed by atoms with Crippen molar-refractivity contribution in [3.05, 3.63) is 24.3 Å². The molecule has 0 aliphatic carbocycles. The van der Waals surface area contributed by atoms with Gasteiger partial charge in [0.1, 0.15) is 72.0 Å². The van der Waals surface area contributed by atoms with Crippen molar-refractivity contribution in [3.8, 4) is 0 Å². The number of nitrogens with one attached hydrogen (secondary N) is 4. The smallest absolute Gasteiger partial charge is 0.270 e. The van der Waals surface area contributed by atoms with Crippen molar-refractivity contribution in [1.29, 1.82) is 0 Å². The van der Waals surface area contributed by atoms with Crippen LogP contribution in [0.5, 0.6) is 0 Å². The lowest BCUT2D eigenvalue weighted by molar-refractivity contribution is -0.322. The van der Waals surface area contributed by atoms with Crippen LogP contribution >= 0.6 is 0 Å². The van der Waals surface area contributed by atoms with Gasteiger partial charge < -0.3 is 60.1 Å². The van der Waals surface area contributed by atoms with Gasteiger partial charge in [0.05, 0.1) is 24.8 Å². The molecule has 0 saturated carbocycles. The van der Waals surface area contributed by atoms with Gasteiger partial charge in [0.2, 0.25) is 59.1 Å². The number of carbonyl (C=O) groups excluding carboxylic acids is 11. The Morgan fingerprint density at radius 1 is 0.519 bits per heavy atom. The largest absolute Gasteiger partial charge is 0.379 e. The highest BCUT2D eigenvalue weighted by Crippen LogP contribution is 2.35. The molecular formula is C75H127N15O14. The van der Waals surface area contributed by atoms with Gasteiger partial charge in [-0.05, 0) is 133 Å². The fourth-order valence-corrected chi connectivity index (χ4v) is 14.1. The SMILES string of the molecule is CC[C@@H]1NC(=O)[C@@H]2[C@@H]([C@H](C)CCCCCn3nnc4ccccc43)ON2C(=O)[C@H](C(C)C)N(C)C(=O)[C@H](CC(C)C)N(C)C(=O)[C@H](CC(C)C)N(C)C(=O)[C@@H](C)NC(=O)[C@H](C)NC(=O)[C@H](CC(C)C)N(C)C(=O)[C@H](C(C)C)NC(=O)[C@H]([C@@H](C)OCCCCN2CCOCC2)N(C)C(=O)[C@@H](C)N(C)C1=O. The second-order valence-electron chi connectivity index (χ2n) is 31.1. The van der Waals surface area contributed by atoms with Crippen LogP contribution in [0.4, 0.5) is 0 Å². The number of hydrogen-bond acceptors (Lipinski definition) is 17. The van der Waals surface area contributed by atoms with Gasteiger partial charge in [-0.2, -0.15) is 0 Å². The average Bonchev–Trinajstić information content (AvgIpc) is 0.858. The number of aryl methyl sites for hydroxylation is 1. The van der Waals surface area contributed by atoms with Crippen LogP contribution in [0, 0.1) is 35.5 Å². The summed E-state index contributed by atoms with van der Waals surface area (Å²) in [6.45, 7) is 32.5. The first kappa shape index (κ1) is 87.3. The maximum absolute atomic E-state index is 15.5. The van der Waals surface area contributed by atoms with E-state index >= 15 is 28.8 Å². The molecule has 104 heavy (non-hydrogen) atoms. The number of unbranched alkanes of at least 4 members (excludes halogenated alkanes) is 3. The van der Waals surface area contributed by atoms with Gasteiger partial charge in [-0.1, -0.05) is 113 Å². The van der Waals surface area contributed by atoms with Gasteiger partial charge >= 0.3 is 0 Å². The molecule has 0 radical (unpaired) electrons. The molecule has 4 heterocycles. The number of hydrogen-bond donors (Lipinski definition) is 4. The molecule has 586 valence electrons. The second-order valence-corrected chi connectivity index (χ2v) is 31.1. The molecule has 1 aromatic carbocycles. The van der Waals surface area contributed by atoms with E-state index in [9.17, 15) is 24.0 Å². The fourth-order valence-electron chi connectivity index (χ4n) is 14.1. The molecule has 0 spiro atoms. The maximum atomic E-state index is 15.5. The minimum atomic E-state index is -1.39. The molecule has 14 atom stereocenters. The van der Waals surface area contributed by atoms with E-state index < -0.39 is 155 Å². The lowest BCUT2D eigenvalue weighted by atomic mass is 9.88. The van der Waals surface area contributed by atoms with E-state index in [1.165, 1.54) is 92.5 Å². The normalized spacial score (nSPS) is 27.0. The van der Waals surface area contributed by atoms with Crippen LogP contribution in [0.2, 0.25) is 0 Å². The molecule has 29 nitrogen and oxygen atoms in total. The summed E-state index contributed by atoms with van der Waals surface area (Å²) in [6.07, 6.45) is 2.89. The quantitative estimate of drug-likeness (QED) is 0.111. The minimum Gasteiger partial charge on any atom is -0.379 e. The maximum Gasteiger partial charge on any atom is 0.270 e. The van der Waals surface area contributed by atoms with Gasteiger partial charge in [-0.3, -0.25) is 62.5 Å². The number of amides is 11. The highest BCUT2D eigenvalue weighted by Gasteiger charge is 2.55. The van der Waals surface area contributed by atoms with Crippen LogP contribution in [0.1, 0.15) is 175 Å². The van der Waals surface area contributed by atoms with E-state index in [-0.39, 0.29) is 56.0 Å². The zero-order valence-electron chi connectivity index (χ0n) is 66.4. The molecule has 3 saturated heterocycles. The molecule has 2 aromatic rings. The minimum absolute atomic E-state index is 0.0407. The van der Waals surface area contributed by atoms with Gasteiger partial charge in [-0.25, -0.2) is 9.75 Å². The molecule has 29 heteroatoms. The van der Waals surface area contributed by atoms with Crippen LogP contribution in [0.25, 0.3) is 11.0 Å². The van der Waals surface area contributed by atoms with E-state index in [1.54, 1.807) is 41.5 Å². The summed E-state index contributed by atoms with van der Waals surface area (Å²) in [5.41, 5.74) is 1.72. The zero-order chi connectivity index (χ0) is 77.9. The summed E-state index contributed by atoms with van der Waals surface area (Å²) in [7, 11) is 8.69. The van der Waals surface area contributed by atoms with Gasteiger partial charge in [-0.15, -0.1) is 5.10 Å². The van der Waals surface area contributed by atoms with Gasteiger partial charge in [0.15, 0.2) is 6.04 Å². The first-order chi connectivity index (χ1) is 48.9. The zero-order valence-corrected chi connectivity index (χ0v) is 66.4. The number of nitrogens with zero attached hydrogens (tertiary/aromatic N) is 11. The molecule has 0 unspecified atom stereocenters. The predicted octanol–water partition coefficient (Wildman–Crippen LogP) is 4.49. The van der Waals surface area contributed by atoms with Crippen LogP contribution in [0.3, 0.4) is 0 Å². The molecule has 5 rings (SSSR count). The fraction of sp³-hybridized carbons (Fsp3) is 0.773. The number of carbonyl (C=O) groups is 11. The third-order valence-electron chi connectivity index (χ3n) is 20.7. The number of ether oxygens (including phenoxy) is 2. The molecular weight excluding hydrogens is 1330 g/mol. The summed E-state index contributed by atoms with van der Waals surface area (Å²) >= 11 is 0. The van der Waals surface area contributed by atoms with Crippen molar-refractivity contribution in [3.63, 3.8) is 0 Å². The lowest BCUT2D eigenvalue weighted by Crippen LogP contribution is -2.72. The number of rotatable bonds is 23. The van der Waals surface area contributed by atoms with Crippen molar-refractivity contribution >= 4 is 76.0 Å². The first-order valence-corrected chi connectivity index (χ1v) is 37.9. The summed E-state index contributed by atoms with van der Waals surface area (Å²) in [5.74, 6) is -9.36. The van der Waals surface area contributed by atoms with Crippen molar-refractivity contribution in [2.75, 3.05) is 81.7 Å². The number of benzene rings is 1. The standard InChI is InChI=1S/C75H127N15O14/c1-23-54-71(97)82(17)52(15)70(96)87(22)62(53(16)103-38-30-29-34-88-36-39-102-40-37-88)67(93)79-60(47(8)9)74(100)83(18)57(41-44(2)3)66(92)76-50(13)65(91)77-51(14)69(95)84(19)58(42-45(4)5)72(98)85(20)59(43-46(6)7)73(99)86(21)61(48(10)11)75(101)90-63(68(94)78-54)64(104-90)49(12)31-25-24-28-35-89-56-33-27-26-32-55(56)80-81-89/h26-27,32-33,44-54,57-64H,23-25,28-31,34-43H2,1-22H3,(H,76,92)(H,77,91)(H,78,94)(H,79,93)/t49-,50+,51-,52-,53-,54+,57+,58+,59+,60+,61+,62+,63+,64-/m1/s1. The summed E-state index contributed by atoms with van der Waals surface area (Å²) < 4.78 is 13.8. The monoisotopic (exact) mass is 1460 g/mol. The van der Waals surface area contributed by atoms with Crippen molar-refractivity contribution in [1.82, 2.24) is 75.6 Å². The number of para-hydroxylation sites is 1. The van der Waals surface area contributed by atoms with Crippen molar-refractivity contribution in [2.24, 2.45) is 35.5 Å². The average molecular weight is 1460 g/mol. The van der Waals surface area contributed by atoms with Crippen LogP contribution in [-0.4, -0.2) is 280 Å². The Morgan fingerprint density at radius 2 is 1.07 bits per heavy atom. The van der Waals surface area contributed by atoms with Crippen molar-refractivity contribution < 1.29 is 67.1 Å². The summed E-state index contributed by atoms with van der Waals surface area (Å²) in [5, 5.41) is 20.9. The second kappa shape index (κ2) is 40.4. The number of likely N-dealkylation sites (N-methyl/N-ethyl adjacent to an activating group) is 6. The summed E-state index contributed by atoms with van der Waals surface area (Å²) in [6, 6.07) is -5.99. The van der Waals surface area contributed by atoms with Gasteiger partial charge in [0, 0.05) is 68.5 Å². The Morgan fingerprint density at radius 3 is 1.65 bits per heavy atom. The highest BCUT2D eigenvalue weighted by atomic mass is 16.7. The van der Waals surface area contributed by atoms with E-state index in [0.717, 1.165) is 61.4 Å². The van der Waals surface area contributed by atoms with Crippen LogP contribution in [0.15, 0.2) is 24.3 Å². The Hall–Kier alpha value is -7.37. The number of hydroxylamine groups is 2. The molecule has 11 amide bonds. The first-order valence-electron chi connectivity index (χ1n) is 37.9. The van der Waals surface area contributed by atoms with E-state index in [2.05, 4.69) is 36.5 Å². The van der Waals surface area contributed by atoms with Crippen molar-refractivity contribution in [2.45, 2.75) is 260 Å². The number of morpholine rings is 1. The molecule has 1 aromatic heterocycles. The molecule has 4 N–H and O–H groups in total. The van der Waals surface area contributed by atoms with Crippen LogP contribution < -0.4 is 21.3 Å². The number of aromatic nitrogens is 3.